The molecule has 4 rings (SSSR count). The number of pyridine rings is 1. The lowest BCUT2D eigenvalue weighted by molar-refractivity contribution is 0.0740. The van der Waals surface area contributed by atoms with E-state index in [0.29, 0.717) is 40.6 Å². The van der Waals surface area contributed by atoms with Gasteiger partial charge in [0.05, 0.1) is 5.69 Å². The number of benzene rings is 2. The lowest BCUT2D eigenvalue weighted by Gasteiger charge is -2.24. The van der Waals surface area contributed by atoms with Gasteiger partial charge in [-0.2, -0.15) is 0 Å². The van der Waals surface area contributed by atoms with Crippen molar-refractivity contribution >= 4 is 34.8 Å². The van der Waals surface area contributed by atoms with Crippen LogP contribution in [0, 0.1) is 0 Å². The van der Waals surface area contributed by atoms with Gasteiger partial charge < -0.3 is 10.2 Å². The van der Waals surface area contributed by atoms with Crippen LogP contribution in [0.5, 0.6) is 0 Å². The van der Waals surface area contributed by atoms with Crippen LogP contribution in [0.1, 0.15) is 45.9 Å². The van der Waals surface area contributed by atoms with Crippen LogP contribution in [0.25, 0.3) is 0 Å². The summed E-state index contributed by atoms with van der Waals surface area (Å²) in [5.41, 5.74) is 4.61. The van der Waals surface area contributed by atoms with Crippen LogP contribution in [-0.4, -0.2) is 29.4 Å². The Morgan fingerprint density at radius 3 is 2.32 bits per heavy atom. The fourth-order valence-corrected chi connectivity index (χ4v) is 3.92. The van der Waals surface area contributed by atoms with Crippen LogP contribution in [0.4, 0.5) is 5.69 Å². The molecule has 2 aromatic carbocycles. The van der Waals surface area contributed by atoms with Gasteiger partial charge in [0.25, 0.3) is 5.91 Å². The molecule has 160 valence electrons. The Kier molecular flexibility index (Phi) is 6.79. The summed E-state index contributed by atoms with van der Waals surface area (Å²) in [7, 11) is 1.77. The van der Waals surface area contributed by atoms with Gasteiger partial charge in [0.15, 0.2) is 5.69 Å². The van der Waals surface area contributed by atoms with Crippen LogP contribution >= 0.6 is 23.2 Å². The maximum Gasteiger partial charge on any atom is 0.274 e. The lowest BCUT2D eigenvalue weighted by atomic mass is 10.1. The second-order valence-corrected chi connectivity index (χ2v) is 8.72. The van der Waals surface area contributed by atoms with Gasteiger partial charge in [-0.25, -0.2) is 4.98 Å². The zero-order chi connectivity index (χ0) is 21.8. The van der Waals surface area contributed by atoms with Crippen LogP contribution in [0.3, 0.4) is 0 Å². The molecule has 31 heavy (non-hydrogen) atoms. The number of aromatic nitrogens is 1. The van der Waals surface area contributed by atoms with Gasteiger partial charge in [-0.15, -0.1) is 0 Å². The summed E-state index contributed by atoms with van der Waals surface area (Å²) in [6, 6.07) is 19.8. The zero-order valence-corrected chi connectivity index (χ0v) is 19.0. The molecule has 3 aromatic rings. The maximum atomic E-state index is 13.5. The minimum atomic E-state index is -0.146. The highest BCUT2D eigenvalue weighted by Gasteiger charge is 2.24. The van der Waals surface area contributed by atoms with Gasteiger partial charge in [0.2, 0.25) is 0 Å². The van der Waals surface area contributed by atoms with Crippen LogP contribution in [0.15, 0.2) is 60.7 Å². The van der Waals surface area contributed by atoms with E-state index in [4.69, 9.17) is 23.2 Å². The van der Waals surface area contributed by atoms with Crippen molar-refractivity contribution in [2.75, 3.05) is 18.9 Å². The largest absolute Gasteiger partial charge is 0.386 e. The number of anilines is 1. The second kappa shape index (κ2) is 9.71. The van der Waals surface area contributed by atoms with Crippen LogP contribution in [0.2, 0.25) is 10.2 Å². The maximum absolute atomic E-state index is 13.5. The highest BCUT2D eigenvalue weighted by molar-refractivity contribution is 6.30. The highest BCUT2D eigenvalue weighted by atomic mass is 35.5. The van der Waals surface area contributed by atoms with Crippen molar-refractivity contribution in [3.05, 3.63) is 93.2 Å². The van der Waals surface area contributed by atoms with Crippen molar-refractivity contribution in [3.8, 4) is 0 Å². The second-order valence-electron chi connectivity index (χ2n) is 7.90. The van der Waals surface area contributed by atoms with E-state index >= 15 is 0 Å². The average Bonchev–Trinajstić information content (AvgIpc) is 3.63. The number of amides is 1. The third-order valence-corrected chi connectivity index (χ3v) is 6.07. The zero-order valence-electron chi connectivity index (χ0n) is 17.4. The molecule has 4 nitrogen and oxygen atoms in total. The molecule has 1 saturated carbocycles. The Hall–Kier alpha value is -2.56. The lowest BCUT2D eigenvalue weighted by Crippen LogP contribution is -2.33. The van der Waals surface area contributed by atoms with Gasteiger partial charge in [0, 0.05) is 25.2 Å². The molecule has 1 N–H and O–H groups in total. The summed E-state index contributed by atoms with van der Waals surface area (Å²) in [4.78, 5) is 19.6. The Labute approximate surface area is 193 Å². The Morgan fingerprint density at radius 2 is 1.68 bits per heavy atom. The highest BCUT2D eigenvalue weighted by Crippen LogP contribution is 2.40. The smallest absolute Gasteiger partial charge is 0.274 e. The molecule has 0 radical (unpaired) electrons. The van der Waals surface area contributed by atoms with Crippen molar-refractivity contribution in [2.45, 2.75) is 31.7 Å². The molecule has 1 heterocycles. The molecule has 1 aromatic heterocycles. The first-order valence-corrected chi connectivity index (χ1v) is 11.3. The number of hydrogen-bond acceptors (Lipinski definition) is 3. The van der Waals surface area contributed by atoms with E-state index in [2.05, 4.69) is 34.6 Å². The van der Waals surface area contributed by atoms with E-state index in [1.165, 1.54) is 18.4 Å². The van der Waals surface area contributed by atoms with Crippen molar-refractivity contribution in [1.82, 2.24) is 9.88 Å². The first-order chi connectivity index (χ1) is 15.0. The van der Waals surface area contributed by atoms with E-state index in [9.17, 15) is 4.79 Å². The first-order valence-electron chi connectivity index (χ1n) is 10.5. The number of carbonyl (C=O) groups is 1. The Bertz CT molecular complexity index is 1050. The molecule has 6 heteroatoms. The molecule has 0 bridgehead atoms. The number of hydrogen-bond donors (Lipinski definition) is 1. The van der Waals surface area contributed by atoms with Gasteiger partial charge in [-0.05, 0) is 66.1 Å². The van der Waals surface area contributed by atoms with E-state index in [1.54, 1.807) is 19.2 Å². The molecular weight excluding hydrogens is 429 g/mol. The number of halogens is 2. The summed E-state index contributed by atoms with van der Waals surface area (Å²) in [6.45, 7) is 1.07. The van der Waals surface area contributed by atoms with Crippen molar-refractivity contribution in [1.29, 1.82) is 0 Å². The Morgan fingerprint density at radius 1 is 1.00 bits per heavy atom. The topological polar surface area (TPSA) is 45.2 Å². The molecule has 0 saturated heterocycles. The monoisotopic (exact) mass is 453 g/mol. The quantitative estimate of drug-likeness (QED) is 0.413. The molecule has 0 aliphatic heterocycles. The standard InChI is InChI=1S/C25H25Cl2N3O/c1-28-22-12-13-23(27)29-24(22)25(31)30(15-14-17-4-10-21(26)11-5-17)16-18-2-6-19(7-3-18)20-8-9-20/h2-7,10-13,20,28H,8-9,14-16H2,1H3. The van der Waals surface area contributed by atoms with E-state index in [1.807, 2.05) is 29.2 Å². The Balaban J connectivity index is 1.56. The summed E-state index contributed by atoms with van der Waals surface area (Å²) >= 11 is 12.1. The van der Waals surface area contributed by atoms with Gasteiger partial charge in [-0.1, -0.05) is 59.6 Å². The van der Waals surface area contributed by atoms with Crippen molar-refractivity contribution in [3.63, 3.8) is 0 Å². The third kappa shape index (κ3) is 5.57. The predicted octanol–water partition coefficient (Wildman–Crippen LogP) is 6.19. The number of nitrogens with one attached hydrogen (secondary N) is 1. The normalized spacial score (nSPS) is 13.1. The molecule has 0 atom stereocenters. The summed E-state index contributed by atoms with van der Waals surface area (Å²) < 4.78 is 0. The number of nitrogens with zero attached hydrogens (tertiary/aromatic N) is 2. The van der Waals surface area contributed by atoms with E-state index < -0.39 is 0 Å². The molecule has 1 amide bonds. The fourth-order valence-electron chi connectivity index (χ4n) is 3.65. The fraction of sp³-hybridized carbons (Fsp3) is 0.280. The van der Waals surface area contributed by atoms with Gasteiger partial charge in [0.1, 0.15) is 5.15 Å². The molecule has 1 aliphatic carbocycles. The summed E-state index contributed by atoms with van der Waals surface area (Å²) in [5, 5.41) is 4.05. The van der Waals surface area contributed by atoms with Crippen molar-refractivity contribution < 1.29 is 4.79 Å². The van der Waals surface area contributed by atoms with Gasteiger partial charge in [-0.3, -0.25) is 4.79 Å². The SMILES string of the molecule is CNc1ccc(Cl)nc1C(=O)N(CCc1ccc(Cl)cc1)Cc1ccc(C2CC2)cc1. The van der Waals surface area contributed by atoms with E-state index in [-0.39, 0.29) is 5.91 Å². The van der Waals surface area contributed by atoms with E-state index in [0.717, 1.165) is 17.5 Å². The minimum Gasteiger partial charge on any atom is -0.386 e. The van der Waals surface area contributed by atoms with Crippen LogP contribution in [-0.2, 0) is 13.0 Å². The molecular formula is C25H25Cl2N3O. The minimum absolute atomic E-state index is 0.146. The third-order valence-electron chi connectivity index (χ3n) is 5.61. The number of carbonyl (C=O) groups excluding carboxylic acids is 1. The summed E-state index contributed by atoms with van der Waals surface area (Å²) in [5.74, 6) is 0.567. The van der Waals surface area contributed by atoms with Crippen molar-refractivity contribution in [2.24, 2.45) is 0 Å². The molecule has 1 aliphatic rings. The first kappa shape index (κ1) is 21.7. The van der Waals surface area contributed by atoms with Gasteiger partial charge >= 0.3 is 0 Å². The van der Waals surface area contributed by atoms with Crippen LogP contribution < -0.4 is 5.32 Å². The average molecular weight is 454 g/mol. The molecule has 0 spiro atoms. The predicted molar refractivity (Wildman–Crippen MR) is 127 cm³/mol. The molecule has 0 unspecified atom stereocenters. The number of rotatable bonds is 8. The summed E-state index contributed by atoms with van der Waals surface area (Å²) in [6.07, 6.45) is 3.27. The molecule has 1 fully saturated rings.